The molecule has 0 aliphatic carbocycles. The lowest BCUT2D eigenvalue weighted by molar-refractivity contribution is -0.384. The molecule has 0 radical (unpaired) electrons. The monoisotopic (exact) mass is 358 g/mol. The van der Waals surface area contributed by atoms with Gasteiger partial charge in [0.2, 0.25) is 0 Å². The summed E-state index contributed by atoms with van der Waals surface area (Å²) in [5.74, 6) is -0.514. The van der Waals surface area contributed by atoms with Gasteiger partial charge in [-0.1, -0.05) is 18.2 Å². The molecule has 27 heavy (non-hydrogen) atoms. The van der Waals surface area contributed by atoms with Gasteiger partial charge in [0, 0.05) is 35.4 Å². The molecule has 1 aromatic heterocycles. The van der Waals surface area contributed by atoms with E-state index in [-0.39, 0.29) is 11.3 Å². The topological polar surface area (TPSA) is 101 Å². The van der Waals surface area contributed by atoms with Crippen LogP contribution in [0.3, 0.4) is 0 Å². The molecule has 7 nitrogen and oxygen atoms in total. The van der Waals surface area contributed by atoms with E-state index >= 15 is 0 Å². The first kappa shape index (κ1) is 17.6. The summed E-state index contributed by atoms with van der Waals surface area (Å²) in [5.41, 5.74) is 1.80. The van der Waals surface area contributed by atoms with Gasteiger partial charge in [-0.05, 0) is 42.5 Å². The number of nitrogens with one attached hydrogen (secondary N) is 1. The van der Waals surface area contributed by atoms with Crippen LogP contribution in [0.5, 0.6) is 0 Å². The molecule has 3 aromatic rings. The zero-order chi connectivity index (χ0) is 19.2. The van der Waals surface area contributed by atoms with Crippen LogP contribution >= 0.6 is 0 Å². The predicted octanol–water partition coefficient (Wildman–Crippen LogP) is 3.93. The summed E-state index contributed by atoms with van der Waals surface area (Å²) in [5, 5.41) is 22.8. The van der Waals surface area contributed by atoms with Crippen LogP contribution in [0.4, 0.5) is 11.4 Å². The summed E-state index contributed by atoms with van der Waals surface area (Å²) in [7, 11) is 0. The minimum atomic E-state index is -0.514. The molecule has 0 atom stereocenters. The number of aromatic nitrogens is 1. The van der Waals surface area contributed by atoms with Gasteiger partial charge in [-0.15, -0.1) is 0 Å². The number of anilines is 1. The van der Waals surface area contributed by atoms with E-state index in [9.17, 15) is 20.2 Å². The van der Waals surface area contributed by atoms with Gasteiger partial charge in [-0.3, -0.25) is 14.9 Å². The molecule has 0 unspecified atom stereocenters. The van der Waals surface area contributed by atoms with Crippen LogP contribution in [0, 0.1) is 21.4 Å². The molecule has 1 heterocycles. The van der Waals surface area contributed by atoms with E-state index in [0.717, 1.165) is 0 Å². The Labute approximate surface area is 154 Å². The van der Waals surface area contributed by atoms with Crippen LogP contribution in [0.15, 0.2) is 78.5 Å². The van der Waals surface area contributed by atoms with Crippen molar-refractivity contribution in [1.29, 1.82) is 5.26 Å². The fourth-order valence-corrected chi connectivity index (χ4v) is 2.50. The smallest absolute Gasteiger partial charge is 0.269 e. The number of nitriles is 1. The lowest BCUT2D eigenvalue weighted by Crippen LogP contribution is -2.13. The highest BCUT2D eigenvalue weighted by Crippen LogP contribution is 2.19. The van der Waals surface area contributed by atoms with Gasteiger partial charge in [-0.25, -0.2) is 0 Å². The van der Waals surface area contributed by atoms with E-state index in [0.29, 0.717) is 17.1 Å². The highest BCUT2D eigenvalue weighted by atomic mass is 16.6. The van der Waals surface area contributed by atoms with Crippen molar-refractivity contribution in [3.05, 3.63) is 94.3 Å². The number of nitro benzene ring substituents is 1. The van der Waals surface area contributed by atoms with Crippen LogP contribution < -0.4 is 5.32 Å². The Balaban J connectivity index is 1.88. The molecule has 2 aromatic carbocycles. The third-order valence-corrected chi connectivity index (χ3v) is 3.81. The number of rotatable bonds is 5. The van der Waals surface area contributed by atoms with Gasteiger partial charge >= 0.3 is 0 Å². The third kappa shape index (κ3) is 4.08. The summed E-state index contributed by atoms with van der Waals surface area (Å²) in [6, 6.07) is 20.3. The molecular weight excluding hydrogens is 344 g/mol. The summed E-state index contributed by atoms with van der Waals surface area (Å²) >= 11 is 0. The number of non-ortho nitro benzene ring substituents is 1. The average Bonchev–Trinajstić information content (AvgIpc) is 3.15. The van der Waals surface area contributed by atoms with E-state index in [1.165, 1.54) is 18.2 Å². The Bertz CT molecular complexity index is 1040. The second-order valence-electron chi connectivity index (χ2n) is 5.57. The van der Waals surface area contributed by atoms with E-state index in [1.807, 2.05) is 12.1 Å². The molecular formula is C20H14N4O3. The van der Waals surface area contributed by atoms with Gasteiger partial charge in [0.1, 0.15) is 11.6 Å². The second-order valence-corrected chi connectivity index (χ2v) is 5.57. The average molecular weight is 358 g/mol. The predicted molar refractivity (Wildman–Crippen MR) is 101 cm³/mol. The molecule has 0 bridgehead atoms. The number of carbonyl (C=O) groups is 1. The Morgan fingerprint density at radius 3 is 2.41 bits per heavy atom. The molecule has 1 N–H and O–H groups in total. The highest BCUT2D eigenvalue weighted by Gasteiger charge is 2.12. The van der Waals surface area contributed by atoms with Crippen molar-refractivity contribution < 1.29 is 9.72 Å². The highest BCUT2D eigenvalue weighted by molar-refractivity contribution is 6.09. The summed E-state index contributed by atoms with van der Waals surface area (Å²) in [6.45, 7) is 0. The minimum Gasteiger partial charge on any atom is -0.321 e. The molecule has 0 aliphatic rings. The second kappa shape index (κ2) is 7.80. The Hall–Kier alpha value is -4.18. The maximum absolute atomic E-state index is 12.4. The van der Waals surface area contributed by atoms with Crippen molar-refractivity contribution in [3.63, 3.8) is 0 Å². The van der Waals surface area contributed by atoms with Crippen LogP contribution in [0.25, 0.3) is 11.8 Å². The molecule has 132 valence electrons. The maximum atomic E-state index is 12.4. The van der Waals surface area contributed by atoms with Crippen LogP contribution in [0.2, 0.25) is 0 Å². The molecule has 0 spiro atoms. The van der Waals surface area contributed by atoms with Gasteiger partial charge in [0.25, 0.3) is 11.6 Å². The van der Waals surface area contributed by atoms with Crippen molar-refractivity contribution in [1.82, 2.24) is 4.57 Å². The number of carbonyl (C=O) groups excluding carboxylic acids is 1. The molecule has 7 heteroatoms. The van der Waals surface area contributed by atoms with Crippen molar-refractivity contribution >= 4 is 23.4 Å². The molecule has 0 saturated heterocycles. The lowest BCUT2D eigenvalue weighted by Gasteiger charge is -2.07. The van der Waals surface area contributed by atoms with Crippen LogP contribution in [-0.2, 0) is 4.79 Å². The Morgan fingerprint density at radius 2 is 1.78 bits per heavy atom. The van der Waals surface area contributed by atoms with Crippen molar-refractivity contribution in [2.75, 3.05) is 5.32 Å². The number of hydrogen-bond donors (Lipinski definition) is 1. The van der Waals surface area contributed by atoms with E-state index < -0.39 is 10.8 Å². The molecule has 0 saturated carbocycles. The first-order valence-electron chi connectivity index (χ1n) is 7.99. The Kier molecular flexibility index (Phi) is 5.10. The SMILES string of the molecule is N#CC(=Cc1cccn1-c1ccc([N+](=O)[O-])cc1)C(=O)Nc1ccccc1. The molecule has 0 aliphatic heterocycles. The maximum Gasteiger partial charge on any atom is 0.269 e. The normalized spacial score (nSPS) is 10.9. The number of benzene rings is 2. The van der Waals surface area contributed by atoms with Gasteiger partial charge in [0.15, 0.2) is 0 Å². The largest absolute Gasteiger partial charge is 0.321 e. The van der Waals surface area contributed by atoms with Crippen molar-refractivity contribution in [3.8, 4) is 11.8 Å². The first-order chi connectivity index (χ1) is 13.1. The van der Waals surface area contributed by atoms with Gasteiger partial charge in [0.05, 0.1) is 4.92 Å². The van der Waals surface area contributed by atoms with Crippen LogP contribution in [-0.4, -0.2) is 15.4 Å². The standard InChI is InChI=1S/C20H14N4O3/c21-14-15(20(25)22-16-5-2-1-3-6-16)13-19-7-4-12-23(19)17-8-10-18(11-9-17)24(26)27/h1-13H,(H,22,25). The van der Waals surface area contributed by atoms with Gasteiger partial charge in [-0.2, -0.15) is 5.26 Å². The summed E-state index contributed by atoms with van der Waals surface area (Å²) < 4.78 is 1.73. The number of nitrogens with zero attached hydrogens (tertiary/aromatic N) is 3. The van der Waals surface area contributed by atoms with Gasteiger partial charge < -0.3 is 9.88 Å². The fourth-order valence-electron chi connectivity index (χ4n) is 2.50. The molecule has 3 rings (SSSR count). The quantitative estimate of drug-likeness (QED) is 0.323. The molecule has 0 fully saturated rings. The lowest BCUT2D eigenvalue weighted by atomic mass is 10.2. The summed E-state index contributed by atoms with van der Waals surface area (Å²) in [4.78, 5) is 22.7. The minimum absolute atomic E-state index is 0.0112. The van der Waals surface area contributed by atoms with E-state index in [2.05, 4.69) is 5.32 Å². The third-order valence-electron chi connectivity index (χ3n) is 3.81. The fraction of sp³-hybridized carbons (Fsp3) is 0. The van der Waals surface area contributed by atoms with E-state index in [1.54, 1.807) is 59.3 Å². The zero-order valence-electron chi connectivity index (χ0n) is 14.1. The molecule has 1 amide bonds. The van der Waals surface area contributed by atoms with Crippen molar-refractivity contribution in [2.24, 2.45) is 0 Å². The van der Waals surface area contributed by atoms with Crippen LogP contribution in [0.1, 0.15) is 5.69 Å². The first-order valence-corrected chi connectivity index (χ1v) is 7.99. The number of para-hydroxylation sites is 1. The zero-order valence-corrected chi connectivity index (χ0v) is 14.1. The number of hydrogen-bond acceptors (Lipinski definition) is 4. The number of amides is 1. The Morgan fingerprint density at radius 1 is 1.07 bits per heavy atom. The van der Waals surface area contributed by atoms with Crippen molar-refractivity contribution in [2.45, 2.75) is 0 Å². The number of nitro groups is 1. The summed E-state index contributed by atoms with van der Waals surface area (Å²) in [6.07, 6.45) is 3.22. The van der Waals surface area contributed by atoms with E-state index in [4.69, 9.17) is 0 Å².